The van der Waals surface area contributed by atoms with E-state index in [1.165, 1.54) is 0 Å². The van der Waals surface area contributed by atoms with E-state index < -0.39 is 36.2 Å². The van der Waals surface area contributed by atoms with Crippen molar-refractivity contribution in [2.24, 2.45) is 5.73 Å². The van der Waals surface area contributed by atoms with Crippen LogP contribution in [0.4, 0.5) is 11.8 Å². The molecule has 1 aliphatic carbocycles. The zero-order chi connectivity index (χ0) is 30.8. The average Bonchev–Trinajstić information content (AvgIpc) is 3.77. The average molecular weight is 598 g/mol. The Morgan fingerprint density at radius 1 is 1.02 bits per heavy atom. The molecular weight excluding hydrogens is 560 g/mol. The lowest BCUT2D eigenvalue weighted by Crippen LogP contribution is -2.42. The Balaban J connectivity index is 1.39. The van der Waals surface area contributed by atoms with Gasteiger partial charge in [-0.25, -0.2) is 4.98 Å². The van der Waals surface area contributed by atoms with E-state index in [0.717, 1.165) is 11.1 Å². The molecule has 12 heteroatoms. The third-order valence-corrected chi connectivity index (χ3v) is 8.61. The number of anilines is 2. The molecule has 12 nitrogen and oxygen atoms in total. The Kier molecular flexibility index (Phi) is 8.45. The van der Waals surface area contributed by atoms with Crippen LogP contribution < -0.4 is 21.3 Å². The first kappa shape index (κ1) is 29.5. The number of fused-ring (bicyclic) bond motifs is 1. The summed E-state index contributed by atoms with van der Waals surface area (Å²) in [5.41, 5.74) is 8.90. The van der Waals surface area contributed by atoms with E-state index in [9.17, 15) is 19.8 Å². The van der Waals surface area contributed by atoms with Gasteiger partial charge in [-0.15, -0.1) is 0 Å². The Labute approximate surface area is 255 Å². The molecule has 2 aliphatic rings. The van der Waals surface area contributed by atoms with Gasteiger partial charge in [0, 0.05) is 25.4 Å². The minimum Gasteiger partial charge on any atom is -0.388 e. The number of nitrogens with two attached hydrogens (primary N) is 1. The lowest BCUT2D eigenvalue weighted by Gasteiger charge is -2.24. The number of aliphatic hydroxyl groups excluding tert-OH is 2. The molecule has 0 bridgehead atoms. The van der Waals surface area contributed by atoms with Crippen molar-refractivity contribution in [3.8, 4) is 0 Å². The maximum Gasteiger partial charge on any atom is 0.240 e. The highest BCUT2D eigenvalue weighted by atomic mass is 16.3. The minimum absolute atomic E-state index is 0.00109. The van der Waals surface area contributed by atoms with Crippen LogP contribution in [0.5, 0.6) is 0 Å². The molecule has 6 rings (SSSR count). The summed E-state index contributed by atoms with van der Waals surface area (Å²) in [6, 6.07) is 18.5. The van der Waals surface area contributed by atoms with Gasteiger partial charge in [-0.05, 0) is 30.4 Å². The summed E-state index contributed by atoms with van der Waals surface area (Å²) in [6.07, 6.45) is 2.30. The summed E-state index contributed by atoms with van der Waals surface area (Å²) < 4.78 is 1.72. The molecule has 2 amide bonds. The van der Waals surface area contributed by atoms with Crippen molar-refractivity contribution >= 4 is 34.7 Å². The van der Waals surface area contributed by atoms with Gasteiger partial charge in [-0.2, -0.15) is 9.97 Å². The number of hydrogen-bond donors (Lipinski definition) is 5. The van der Waals surface area contributed by atoms with E-state index in [0.29, 0.717) is 42.4 Å². The van der Waals surface area contributed by atoms with Crippen molar-refractivity contribution in [3.63, 3.8) is 0 Å². The van der Waals surface area contributed by atoms with Crippen LogP contribution in [0.2, 0.25) is 0 Å². The number of rotatable bonds is 10. The molecule has 5 atom stereocenters. The Morgan fingerprint density at radius 3 is 2.34 bits per heavy atom. The molecule has 2 fully saturated rings. The highest BCUT2D eigenvalue weighted by Gasteiger charge is 2.44. The van der Waals surface area contributed by atoms with Crippen LogP contribution in [0.1, 0.15) is 49.3 Å². The summed E-state index contributed by atoms with van der Waals surface area (Å²) >= 11 is 0. The largest absolute Gasteiger partial charge is 0.388 e. The number of nitrogens with zero attached hydrogens (tertiary/aromatic N) is 5. The van der Waals surface area contributed by atoms with Crippen LogP contribution in [0.25, 0.3) is 11.2 Å². The summed E-state index contributed by atoms with van der Waals surface area (Å²) in [4.78, 5) is 40.4. The van der Waals surface area contributed by atoms with Crippen LogP contribution in [0.15, 0.2) is 67.0 Å². The molecule has 4 aromatic rings. The molecule has 1 saturated heterocycles. The maximum atomic E-state index is 12.3. The number of nitrogens with one attached hydrogen (secondary N) is 2. The van der Waals surface area contributed by atoms with Gasteiger partial charge >= 0.3 is 0 Å². The van der Waals surface area contributed by atoms with E-state index in [1.807, 2.05) is 42.8 Å². The highest BCUT2D eigenvalue weighted by Crippen LogP contribution is 2.36. The normalized spacial score (nSPS) is 23.4. The lowest BCUT2D eigenvalue weighted by molar-refractivity contribution is -0.122. The van der Waals surface area contributed by atoms with Gasteiger partial charge in [-0.1, -0.05) is 67.6 Å². The number of hydrogen-bond acceptors (Lipinski definition) is 9. The molecule has 6 N–H and O–H groups in total. The highest BCUT2D eigenvalue weighted by molar-refractivity contribution is 5.88. The van der Waals surface area contributed by atoms with Gasteiger partial charge < -0.3 is 36.0 Å². The van der Waals surface area contributed by atoms with E-state index in [4.69, 9.17) is 15.7 Å². The first-order valence-electron chi connectivity index (χ1n) is 15.0. The van der Waals surface area contributed by atoms with Gasteiger partial charge in [0.05, 0.1) is 18.4 Å². The van der Waals surface area contributed by atoms with Gasteiger partial charge in [0.2, 0.25) is 17.8 Å². The predicted octanol–water partition coefficient (Wildman–Crippen LogP) is 1.90. The summed E-state index contributed by atoms with van der Waals surface area (Å²) in [5.74, 6) is 0.0776. The molecule has 0 unspecified atom stereocenters. The summed E-state index contributed by atoms with van der Waals surface area (Å²) in [7, 11) is 0. The number of imidazole rings is 1. The molecule has 3 heterocycles. The Morgan fingerprint density at radius 2 is 1.70 bits per heavy atom. The standard InChI is InChI=1S/C32H37N8O4/c1-2-25(41)36-22-16-24(28(43)27(22)42)40-18-35-26-30(37-32(38-31(26)40)39-15-9-14-23(39)29(33)44)34-17-21(19-10-5-3-6-11-19)20-12-7-4-8-13-20/h3-8,10-14,18,21-24,27-28,42-43H,2,9,15-17H2,1H3,(H2,33,44)(H,36,41)(H,34,37,38)/t22-,23-,24+,27+,28+/m0/s1. The van der Waals surface area contributed by atoms with Crippen molar-refractivity contribution in [3.05, 3.63) is 84.5 Å². The Bertz CT molecular complexity index is 1580. The van der Waals surface area contributed by atoms with Crippen LogP contribution in [0.3, 0.4) is 0 Å². The molecule has 2 aromatic carbocycles. The monoisotopic (exact) mass is 597 g/mol. The predicted molar refractivity (Wildman–Crippen MR) is 166 cm³/mol. The van der Waals surface area contributed by atoms with E-state index >= 15 is 0 Å². The molecule has 0 spiro atoms. The van der Waals surface area contributed by atoms with Gasteiger partial charge in [-0.3, -0.25) is 9.59 Å². The second-order valence-corrected chi connectivity index (χ2v) is 11.3. The second kappa shape index (κ2) is 12.6. The smallest absolute Gasteiger partial charge is 0.240 e. The topological polar surface area (TPSA) is 172 Å². The first-order valence-corrected chi connectivity index (χ1v) is 15.0. The molecule has 1 aliphatic heterocycles. The summed E-state index contributed by atoms with van der Waals surface area (Å²) in [5, 5.41) is 28.1. The third kappa shape index (κ3) is 5.70. The zero-order valence-corrected chi connectivity index (χ0v) is 24.5. The summed E-state index contributed by atoms with van der Waals surface area (Å²) in [6.45, 7) is 2.74. The zero-order valence-electron chi connectivity index (χ0n) is 24.5. The van der Waals surface area contributed by atoms with Crippen LogP contribution >= 0.6 is 0 Å². The molecule has 2 aromatic heterocycles. The van der Waals surface area contributed by atoms with Crippen molar-refractivity contribution in [1.82, 2.24) is 24.8 Å². The van der Waals surface area contributed by atoms with Gasteiger partial charge in [0.15, 0.2) is 17.0 Å². The van der Waals surface area contributed by atoms with Crippen molar-refractivity contribution in [1.29, 1.82) is 0 Å². The second-order valence-electron chi connectivity index (χ2n) is 11.3. The van der Waals surface area contributed by atoms with Crippen molar-refractivity contribution < 1.29 is 19.8 Å². The van der Waals surface area contributed by atoms with Crippen molar-refractivity contribution in [2.75, 3.05) is 23.3 Å². The fraction of sp³-hybridized carbons (Fsp3) is 0.375. The minimum atomic E-state index is -1.16. The number of amides is 2. The first-order chi connectivity index (χ1) is 21.4. The van der Waals surface area contributed by atoms with E-state index in [1.54, 1.807) is 22.7 Å². The Hall–Kier alpha value is -4.55. The molecule has 229 valence electrons. The fourth-order valence-corrected chi connectivity index (χ4v) is 6.26. The number of benzene rings is 2. The van der Waals surface area contributed by atoms with Crippen LogP contribution in [-0.4, -0.2) is 78.9 Å². The van der Waals surface area contributed by atoms with Gasteiger partial charge in [0.1, 0.15) is 18.2 Å². The van der Waals surface area contributed by atoms with E-state index in [-0.39, 0.29) is 24.7 Å². The molecule has 44 heavy (non-hydrogen) atoms. The maximum absolute atomic E-state index is 12.3. The van der Waals surface area contributed by atoms with Crippen LogP contribution in [-0.2, 0) is 9.59 Å². The number of carbonyl (C=O) groups is 2. The number of carbonyl (C=O) groups excluding carboxylic acids is 2. The number of aliphatic hydroxyl groups is 2. The third-order valence-electron chi connectivity index (χ3n) is 8.61. The van der Waals surface area contributed by atoms with Crippen molar-refractivity contribution in [2.45, 2.75) is 62.4 Å². The molecule has 1 radical (unpaired) electrons. The van der Waals surface area contributed by atoms with Gasteiger partial charge in [0.25, 0.3) is 0 Å². The lowest BCUT2D eigenvalue weighted by atomic mass is 9.91. The quantitative estimate of drug-likeness (QED) is 0.183. The number of primary amides is 1. The SMILES string of the molecule is CCC(=O)N[C@H]1C[C@@H](n2cnc3c(NCC(c4ccccc4)c4ccccc4)nc(N4CC[CH][C@H]4C(N)=O)nc32)[C@@H](O)[C@@H]1O. The fourth-order valence-electron chi connectivity index (χ4n) is 6.26. The molecule has 1 saturated carbocycles. The number of aromatic nitrogens is 4. The van der Waals surface area contributed by atoms with Crippen LogP contribution in [0, 0.1) is 6.42 Å². The molecular formula is C32H37N8O4. The van der Waals surface area contributed by atoms with E-state index in [2.05, 4.69) is 39.9 Å².